The molecule has 3 rings (SSSR count). The summed E-state index contributed by atoms with van der Waals surface area (Å²) in [5.74, 6) is 0.455. The highest BCUT2D eigenvalue weighted by atomic mass is 16.7. The largest absolute Gasteiger partial charge is 0.494 e. The van der Waals surface area contributed by atoms with Crippen molar-refractivity contribution in [3.05, 3.63) is 29.3 Å². The minimum atomic E-state index is -0.811. The first kappa shape index (κ1) is 23.8. The van der Waals surface area contributed by atoms with E-state index in [0.717, 1.165) is 62.8 Å². The van der Waals surface area contributed by atoms with E-state index in [4.69, 9.17) is 14.0 Å². The molecule has 0 saturated carbocycles. The van der Waals surface area contributed by atoms with E-state index in [1.807, 2.05) is 0 Å². The maximum absolute atomic E-state index is 11.6. The number of benzene rings is 1. The zero-order valence-electron chi connectivity index (χ0n) is 19.9. The average Bonchev–Trinajstić information content (AvgIpc) is 2.95. The summed E-state index contributed by atoms with van der Waals surface area (Å²) in [6, 6.07) is 6.60. The van der Waals surface area contributed by atoms with Gasteiger partial charge in [-0.25, -0.2) is 0 Å². The molecule has 168 valence electrons. The van der Waals surface area contributed by atoms with E-state index >= 15 is 0 Å². The van der Waals surface area contributed by atoms with Crippen LogP contribution in [0.25, 0.3) is 0 Å². The second-order valence-electron chi connectivity index (χ2n) is 10.2. The Kier molecular flexibility index (Phi) is 7.39. The predicted octanol–water partition coefficient (Wildman–Crippen LogP) is 5.06. The van der Waals surface area contributed by atoms with Crippen molar-refractivity contribution in [3.8, 4) is 0 Å². The van der Waals surface area contributed by atoms with Gasteiger partial charge < -0.3 is 19.2 Å². The molecule has 2 aliphatic rings. The highest BCUT2D eigenvalue weighted by Crippen LogP contribution is 2.38. The van der Waals surface area contributed by atoms with E-state index in [9.17, 15) is 5.11 Å². The van der Waals surface area contributed by atoms with E-state index < -0.39 is 12.7 Å². The highest BCUT2D eigenvalue weighted by molar-refractivity contribution is 6.62. The Morgan fingerprint density at radius 2 is 1.63 bits per heavy atom. The third kappa shape index (κ3) is 4.95. The van der Waals surface area contributed by atoms with Crippen molar-refractivity contribution >= 4 is 12.6 Å². The molecule has 1 aromatic carbocycles. The summed E-state index contributed by atoms with van der Waals surface area (Å²) in [6.45, 7) is 14.2. The Morgan fingerprint density at radius 3 is 2.20 bits per heavy atom. The summed E-state index contributed by atoms with van der Waals surface area (Å²) in [5, 5.41) is 11.6. The molecule has 4 nitrogen and oxygen atoms in total. The van der Waals surface area contributed by atoms with Crippen molar-refractivity contribution in [1.29, 1.82) is 0 Å². The molecule has 1 unspecified atom stereocenters. The Balaban J connectivity index is 1.99. The van der Waals surface area contributed by atoms with Gasteiger partial charge in [0.05, 0.1) is 16.8 Å². The van der Waals surface area contributed by atoms with Gasteiger partial charge in [-0.1, -0.05) is 51.3 Å². The van der Waals surface area contributed by atoms with Crippen LogP contribution in [-0.4, -0.2) is 36.6 Å². The summed E-state index contributed by atoms with van der Waals surface area (Å²) in [7, 11) is -0.412. The second kappa shape index (κ2) is 9.32. The molecular formula is C25H41BO4. The van der Waals surface area contributed by atoms with Crippen LogP contribution in [0.2, 0.25) is 0 Å². The van der Waals surface area contributed by atoms with Gasteiger partial charge in [0.15, 0.2) is 0 Å². The summed E-state index contributed by atoms with van der Waals surface area (Å²) in [6.07, 6.45) is 6.87. The number of hydrogen-bond donors (Lipinski definition) is 1. The third-order valence-corrected chi connectivity index (χ3v) is 7.51. The first-order valence-electron chi connectivity index (χ1n) is 11.9. The third-order valence-electron chi connectivity index (χ3n) is 7.51. The normalized spacial score (nSPS) is 23.5. The zero-order valence-corrected chi connectivity index (χ0v) is 19.9. The lowest BCUT2D eigenvalue weighted by atomic mass is 9.73. The monoisotopic (exact) mass is 416 g/mol. The molecule has 0 radical (unpaired) electrons. The van der Waals surface area contributed by atoms with Crippen LogP contribution in [0.4, 0.5) is 0 Å². The van der Waals surface area contributed by atoms with Gasteiger partial charge in [0.25, 0.3) is 0 Å². The zero-order chi connectivity index (χ0) is 22.0. The molecule has 0 aliphatic carbocycles. The molecule has 30 heavy (non-hydrogen) atoms. The van der Waals surface area contributed by atoms with Crippen molar-refractivity contribution in [2.24, 2.45) is 0 Å². The van der Waals surface area contributed by atoms with Crippen LogP contribution >= 0.6 is 0 Å². The van der Waals surface area contributed by atoms with Crippen LogP contribution in [0, 0.1) is 0 Å². The van der Waals surface area contributed by atoms with Crippen LogP contribution in [-0.2, 0) is 19.6 Å². The summed E-state index contributed by atoms with van der Waals surface area (Å²) >= 11 is 0. The Labute approximate surface area is 183 Å². The van der Waals surface area contributed by atoms with Gasteiger partial charge in [0.1, 0.15) is 0 Å². The second-order valence-corrected chi connectivity index (χ2v) is 10.2. The molecule has 2 aliphatic heterocycles. The van der Waals surface area contributed by atoms with Crippen LogP contribution in [0.1, 0.15) is 104 Å². The summed E-state index contributed by atoms with van der Waals surface area (Å²) in [4.78, 5) is 0. The number of hydrogen-bond acceptors (Lipinski definition) is 4. The number of aliphatic hydroxyl groups is 1. The van der Waals surface area contributed by atoms with Crippen molar-refractivity contribution in [3.63, 3.8) is 0 Å². The van der Waals surface area contributed by atoms with Gasteiger partial charge in [-0.2, -0.15) is 0 Å². The lowest BCUT2D eigenvalue weighted by Gasteiger charge is -2.32. The standard InChI is InChI=1S/C25H41BO4/c1-7-9-10-13-25(27,8-2)21-16-20(19-11-14-28-15-12-19)17-22(18-21)26-29-23(3,4)24(5,6)30-26/h16-19,27H,7-15H2,1-6H3. The Morgan fingerprint density at radius 1 is 1.00 bits per heavy atom. The molecule has 2 saturated heterocycles. The fourth-order valence-electron chi connectivity index (χ4n) is 4.52. The van der Waals surface area contributed by atoms with Gasteiger partial charge >= 0.3 is 7.12 Å². The maximum atomic E-state index is 11.6. The molecule has 1 N–H and O–H groups in total. The SMILES string of the molecule is CCCCCC(O)(CC)c1cc(B2OC(C)(C)C(C)(C)O2)cc(C2CCOCC2)c1. The molecule has 0 amide bonds. The maximum Gasteiger partial charge on any atom is 0.494 e. The van der Waals surface area contributed by atoms with E-state index in [1.54, 1.807) is 0 Å². The molecule has 0 bridgehead atoms. The van der Waals surface area contributed by atoms with E-state index in [2.05, 4.69) is 59.7 Å². The van der Waals surface area contributed by atoms with Crippen molar-refractivity contribution in [2.45, 2.75) is 109 Å². The van der Waals surface area contributed by atoms with Gasteiger partial charge in [-0.05, 0) is 75.9 Å². The van der Waals surface area contributed by atoms with E-state index in [0.29, 0.717) is 12.3 Å². The summed E-state index contributed by atoms with van der Waals surface area (Å²) < 4.78 is 18.3. The fourth-order valence-corrected chi connectivity index (χ4v) is 4.52. The first-order chi connectivity index (χ1) is 14.1. The molecule has 5 heteroatoms. The van der Waals surface area contributed by atoms with Crippen LogP contribution in [0.15, 0.2) is 18.2 Å². The van der Waals surface area contributed by atoms with Crippen molar-refractivity contribution < 1.29 is 19.2 Å². The predicted molar refractivity (Wildman–Crippen MR) is 123 cm³/mol. The van der Waals surface area contributed by atoms with Crippen molar-refractivity contribution in [1.82, 2.24) is 0 Å². The summed E-state index contributed by atoms with van der Waals surface area (Å²) in [5.41, 5.74) is 1.74. The van der Waals surface area contributed by atoms with Crippen LogP contribution < -0.4 is 5.46 Å². The minimum Gasteiger partial charge on any atom is -0.399 e. The number of unbranched alkanes of at least 4 members (excludes halogenated alkanes) is 2. The first-order valence-corrected chi connectivity index (χ1v) is 11.9. The van der Waals surface area contributed by atoms with Crippen molar-refractivity contribution in [2.75, 3.05) is 13.2 Å². The highest BCUT2D eigenvalue weighted by Gasteiger charge is 2.52. The minimum absolute atomic E-state index is 0.380. The fraction of sp³-hybridized carbons (Fsp3) is 0.760. The molecule has 1 aromatic rings. The topological polar surface area (TPSA) is 47.9 Å². The van der Waals surface area contributed by atoms with Gasteiger partial charge in [-0.3, -0.25) is 0 Å². The quantitative estimate of drug-likeness (QED) is 0.476. The molecule has 0 aromatic heterocycles. The molecular weight excluding hydrogens is 375 g/mol. The van der Waals surface area contributed by atoms with E-state index in [-0.39, 0.29) is 11.2 Å². The molecule has 2 fully saturated rings. The molecule has 2 heterocycles. The lowest BCUT2D eigenvalue weighted by Crippen LogP contribution is -2.41. The lowest BCUT2D eigenvalue weighted by molar-refractivity contribution is 0.00578. The van der Waals surface area contributed by atoms with Crippen LogP contribution in [0.5, 0.6) is 0 Å². The average molecular weight is 416 g/mol. The Hall–Kier alpha value is -0.875. The van der Waals surface area contributed by atoms with Gasteiger partial charge in [0.2, 0.25) is 0 Å². The number of ether oxygens (including phenoxy) is 1. The smallest absolute Gasteiger partial charge is 0.399 e. The van der Waals surface area contributed by atoms with Gasteiger partial charge in [0, 0.05) is 13.2 Å². The van der Waals surface area contributed by atoms with E-state index in [1.165, 1.54) is 5.56 Å². The van der Waals surface area contributed by atoms with Gasteiger partial charge in [-0.15, -0.1) is 0 Å². The van der Waals surface area contributed by atoms with Crippen LogP contribution in [0.3, 0.4) is 0 Å². The Bertz CT molecular complexity index is 695. The number of rotatable bonds is 8. The molecule has 1 atom stereocenters. The molecule has 0 spiro atoms.